The summed E-state index contributed by atoms with van der Waals surface area (Å²) in [6.45, 7) is 10.7. The summed E-state index contributed by atoms with van der Waals surface area (Å²) in [6, 6.07) is -0.00904. The summed E-state index contributed by atoms with van der Waals surface area (Å²) in [7, 11) is 0. The molecule has 0 spiro atoms. The number of amides is 2. The lowest BCUT2D eigenvalue weighted by Gasteiger charge is -2.28. The second kappa shape index (κ2) is 8.77. The number of carboxylic acids is 1. The van der Waals surface area contributed by atoms with E-state index < -0.39 is 11.9 Å². The van der Waals surface area contributed by atoms with Crippen molar-refractivity contribution in [3.05, 3.63) is 0 Å². The summed E-state index contributed by atoms with van der Waals surface area (Å²) in [4.78, 5) is 24.9. The smallest absolute Gasteiger partial charge is 0.317 e. The predicted molar refractivity (Wildman–Crippen MR) is 76.1 cm³/mol. The van der Waals surface area contributed by atoms with E-state index in [0.29, 0.717) is 18.9 Å². The van der Waals surface area contributed by atoms with E-state index in [9.17, 15) is 9.59 Å². The van der Waals surface area contributed by atoms with E-state index in [4.69, 9.17) is 5.11 Å². The Labute approximate surface area is 116 Å². The number of carbonyl (C=O) groups is 2. The molecule has 0 aliphatic rings. The summed E-state index contributed by atoms with van der Waals surface area (Å²) < 4.78 is 0. The number of carboxylic acid groups (broad SMARTS) is 1. The predicted octanol–water partition coefficient (Wildman–Crippen LogP) is 2.56. The van der Waals surface area contributed by atoms with Crippen LogP contribution in [0.25, 0.3) is 0 Å². The molecule has 0 saturated carbocycles. The van der Waals surface area contributed by atoms with Crippen molar-refractivity contribution in [1.82, 2.24) is 10.2 Å². The molecule has 0 aliphatic heterocycles. The number of hydrogen-bond donors (Lipinski definition) is 2. The zero-order valence-electron chi connectivity index (χ0n) is 12.8. The van der Waals surface area contributed by atoms with Gasteiger partial charge in [-0.1, -0.05) is 20.8 Å². The lowest BCUT2D eigenvalue weighted by atomic mass is 9.97. The van der Waals surface area contributed by atoms with Crippen molar-refractivity contribution < 1.29 is 14.7 Å². The molecule has 5 nitrogen and oxygen atoms in total. The van der Waals surface area contributed by atoms with Crippen molar-refractivity contribution in [2.75, 3.05) is 13.1 Å². The van der Waals surface area contributed by atoms with E-state index in [2.05, 4.69) is 5.32 Å². The van der Waals surface area contributed by atoms with Gasteiger partial charge < -0.3 is 15.3 Å². The monoisotopic (exact) mass is 272 g/mol. The number of rotatable bonds is 8. The fraction of sp³-hybridized carbons (Fsp3) is 0.857. The zero-order valence-corrected chi connectivity index (χ0v) is 12.8. The van der Waals surface area contributed by atoms with Gasteiger partial charge in [-0.25, -0.2) is 4.79 Å². The number of aliphatic carboxylic acids is 1. The normalized spacial score (nSPS) is 14.0. The van der Waals surface area contributed by atoms with Crippen LogP contribution in [-0.4, -0.2) is 41.1 Å². The minimum absolute atomic E-state index is 0.165. The first-order valence-electron chi connectivity index (χ1n) is 7.10. The fourth-order valence-corrected chi connectivity index (χ4v) is 2.03. The zero-order chi connectivity index (χ0) is 15.0. The van der Waals surface area contributed by atoms with E-state index >= 15 is 0 Å². The number of urea groups is 1. The molecular weight excluding hydrogens is 244 g/mol. The standard InChI is InChI=1S/C14H28N2O3/c1-6-11(5)16(7-2)14(19)15-9-12(13(17)18)8-10(3)4/h10-12H,6-9H2,1-5H3,(H,15,19)(H,17,18). The van der Waals surface area contributed by atoms with Crippen LogP contribution in [0.15, 0.2) is 0 Å². The molecule has 0 aromatic rings. The molecule has 2 unspecified atom stereocenters. The van der Waals surface area contributed by atoms with Crippen LogP contribution in [-0.2, 0) is 4.79 Å². The molecule has 112 valence electrons. The highest BCUT2D eigenvalue weighted by molar-refractivity contribution is 5.76. The second-order valence-electron chi connectivity index (χ2n) is 5.39. The highest BCUT2D eigenvalue weighted by Crippen LogP contribution is 2.11. The number of carbonyl (C=O) groups excluding carboxylic acids is 1. The van der Waals surface area contributed by atoms with Gasteiger partial charge in [0.05, 0.1) is 5.92 Å². The summed E-state index contributed by atoms with van der Waals surface area (Å²) in [5, 5.41) is 11.9. The third-order valence-corrected chi connectivity index (χ3v) is 3.33. The Kier molecular flexibility index (Phi) is 8.19. The van der Waals surface area contributed by atoms with Crippen LogP contribution in [0.1, 0.15) is 47.5 Å². The van der Waals surface area contributed by atoms with Gasteiger partial charge in [-0.2, -0.15) is 0 Å². The Morgan fingerprint density at radius 3 is 2.16 bits per heavy atom. The fourth-order valence-electron chi connectivity index (χ4n) is 2.03. The molecule has 0 aromatic carbocycles. The number of hydrogen-bond acceptors (Lipinski definition) is 2. The molecule has 19 heavy (non-hydrogen) atoms. The average Bonchev–Trinajstić information content (AvgIpc) is 2.34. The van der Waals surface area contributed by atoms with E-state index in [1.807, 2.05) is 34.6 Å². The second-order valence-corrected chi connectivity index (χ2v) is 5.39. The topological polar surface area (TPSA) is 69.6 Å². The summed E-state index contributed by atoms with van der Waals surface area (Å²) in [5.41, 5.74) is 0. The van der Waals surface area contributed by atoms with E-state index in [1.54, 1.807) is 4.90 Å². The van der Waals surface area contributed by atoms with Crippen LogP contribution in [0, 0.1) is 11.8 Å². The lowest BCUT2D eigenvalue weighted by Crippen LogP contribution is -2.46. The first-order chi connectivity index (χ1) is 8.83. The van der Waals surface area contributed by atoms with Crippen LogP contribution >= 0.6 is 0 Å². The molecule has 0 aromatic heterocycles. The first-order valence-corrected chi connectivity index (χ1v) is 7.10. The van der Waals surface area contributed by atoms with Crippen LogP contribution < -0.4 is 5.32 Å². The largest absolute Gasteiger partial charge is 0.481 e. The van der Waals surface area contributed by atoms with Gasteiger partial charge >= 0.3 is 12.0 Å². The van der Waals surface area contributed by atoms with E-state index in [0.717, 1.165) is 6.42 Å². The number of nitrogens with zero attached hydrogens (tertiary/aromatic N) is 1. The molecule has 2 amide bonds. The van der Waals surface area contributed by atoms with Crippen LogP contribution in [0.4, 0.5) is 4.79 Å². The lowest BCUT2D eigenvalue weighted by molar-refractivity contribution is -0.142. The maximum absolute atomic E-state index is 12.0. The minimum atomic E-state index is -0.847. The van der Waals surface area contributed by atoms with Crippen molar-refractivity contribution in [3.8, 4) is 0 Å². The molecule has 0 radical (unpaired) electrons. The van der Waals surface area contributed by atoms with Crippen LogP contribution in [0.3, 0.4) is 0 Å². The van der Waals surface area contributed by atoms with E-state index in [-0.39, 0.29) is 18.6 Å². The van der Waals surface area contributed by atoms with Gasteiger partial charge in [0.15, 0.2) is 0 Å². The van der Waals surface area contributed by atoms with Gasteiger partial charge in [0.25, 0.3) is 0 Å². The van der Waals surface area contributed by atoms with Gasteiger partial charge in [-0.15, -0.1) is 0 Å². The van der Waals surface area contributed by atoms with Gasteiger partial charge in [-0.3, -0.25) is 4.79 Å². The summed E-state index contributed by atoms with van der Waals surface area (Å²) >= 11 is 0. The van der Waals surface area contributed by atoms with Crippen molar-refractivity contribution >= 4 is 12.0 Å². The third-order valence-electron chi connectivity index (χ3n) is 3.33. The van der Waals surface area contributed by atoms with Crippen molar-refractivity contribution in [3.63, 3.8) is 0 Å². The molecule has 0 aliphatic carbocycles. The van der Waals surface area contributed by atoms with Crippen LogP contribution in [0.2, 0.25) is 0 Å². The van der Waals surface area contributed by atoms with Crippen molar-refractivity contribution in [1.29, 1.82) is 0 Å². The Hall–Kier alpha value is -1.26. The molecule has 0 rings (SSSR count). The molecule has 0 heterocycles. The molecular formula is C14H28N2O3. The van der Waals surface area contributed by atoms with Gasteiger partial charge in [0.1, 0.15) is 0 Å². The van der Waals surface area contributed by atoms with Crippen molar-refractivity contribution in [2.24, 2.45) is 11.8 Å². The maximum atomic E-state index is 12.0. The highest BCUT2D eigenvalue weighted by atomic mass is 16.4. The first kappa shape index (κ1) is 17.7. The average molecular weight is 272 g/mol. The van der Waals surface area contributed by atoms with Gasteiger partial charge in [0.2, 0.25) is 0 Å². The Balaban J connectivity index is 4.42. The third kappa shape index (κ3) is 6.45. The maximum Gasteiger partial charge on any atom is 0.317 e. The molecule has 5 heteroatoms. The summed E-state index contributed by atoms with van der Waals surface area (Å²) in [6.07, 6.45) is 1.46. The molecule has 2 N–H and O–H groups in total. The van der Waals surface area contributed by atoms with Gasteiger partial charge in [0, 0.05) is 19.1 Å². The Morgan fingerprint density at radius 1 is 1.21 bits per heavy atom. The summed E-state index contributed by atoms with van der Waals surface area (Å²) in [5.74, 6) is -1.06. The molecule has 2 atom stereocenters. The van der Waals surface area contributed by atoms with Gasteiger partial charge in [-0.05, 0) is 32.6 Å². The minimum Gasteiger partial charge on any atom is -0.481 e. The number of nitrogens with one attached hydrogen (secondary N) is 1. The molecule has 0 fully saturated rings. The Morgan fingerprint density at radius 2 is 1.79 bits per heavy atom. The quantitative estimate of drug-likeness (QED) is 0.713. The van der Waals surface area contributed by atoms with Crippen molar-refractivity contribution in [2.45, 2.75) is 53.5 Å². The Bertz CT molecular complexity index is 292. The molecule has 0 saturated heterocycles. The SMILES string of the molecule is CCC(C)N(CC)C(=O)NCC(CC(C)C)C(=O)O. The highest BCUT2D eigenvalue weighted by Gasteiger charge is 2.22. The van der Waals surface area contributed by atoms with E-state index in [1.165, 1.54) is 0 Å². The van der Waals surface area contributed by atoms with Crippen LogP contribution in [0.5, 0.6) is 0 Å². The molecule has 0 bridgehead atoms.